The number of hydrogen-bond donors (Lipinski definition) is 2. The summed E-state index contributed by atoms with van der Waals surface area (Å²) in [6.07, 6.45) is -3.21. The largest absolute Gasteiger partial charge is 0.478 e. The van der Waals surface area contributed by atoms with Crippen LogP contribution >= 0.6 is 11.3 Å². The van der Waals surface area contributed by atoms with Crippen molar-refractivity contribution in [1.82, 2.24) is 5.32 Å². The Labute approximate surface area is 116 Å². The lowest BCUT2D eigenvalue weighted by molar-refractivity contribution is -0.138. The zero-order chi connectivity index (χ0) is 15.3. The minimum absolute atomic E-state index is 0.226. The first kappa shape index (κ1) is 16.2. The lowest BCUT2D eigenvalue weighted by Crippen LogP contribution is -2.35. The van der Waals surface area contributed by atoms with Crippen LogP contribution in [0.25, 0.3) is 6.08 Å². The lowest BCUT2D eigenvalue weighted by Gasteiger charge is -2.15. The number of carboxylic acids is 1. The predicted octanol–water partition coefficient (Wildman–Crippen LogP) is 2.92. The molecule has 0 aromatic carbocycles. The van der Waals surface area contributed by atoms with E-state index >= 15 is 0 Å². The fraction of sp³-hybridized carbons (Fsp3) is 0.333. The lowest BCUT2D eigenvalue weighted by atomic mass is 10.2. The van der Waals surface area contributed by atoms with Crippen LogP contribution in [0.1, 0.15) is 27.9 Å². The summed E-state index contributed by atoms with van der Waals surface area (Å²) in [6.45, 7) is 1.27. The van der Waals surface area contributed by atoms with Crippen LogP contribution in [0.4, 0.5) is 13.2 Å². The molecule has 1 amide bonds. The molecule has 0 bridgehead atoms. The van der Waals surface area contributed by atoms with Crippen molar-refractivity contribution in [2.24, 2.45) is 0 Å². The van der Waals surface area contributed by atoms with Crippen LogP contribution in [-0.2, 0) is 4.79 Å². The van der Waals surface area contributed by atoms with Gasteiger partial charge in [0, 0.05) is 17.0 Å². The van der Waals surface area contributed by atoms with Gasteiger partial charge in [-0.05, 0) is 25.1 Å². The Morgan fingerprint density at radius 1 is 1.45 bits per heavy atom. The third-order valence-electron chi connectivity index (χ3n) is 2.16. The van der Waals surface area contributed by atoms with Gasteiger partial charge in [0.25, 0.3) is 5.91 Å². The molecule has 4 nitrogen and oxygen atoms in total. The van der Waals surface area contributed by atoms with E-state index in [-0.39, 0.29) is 4.88 Å². The normalized spacial score (nSPS) is 13.4. The number of thiophene rings is 1. The fourth-order valence-electron chi connectivity index (χ4n) is 1.41. The van der Waals surface area contributed by atoms with Gasteiger partial charge in [-0.2, -0.15) is 13.2 Å². The first-order chi connectivity index (χ1) is 9.17. The van der Waals surface area contributed by atoms with Gasteiger partial charge in [0.05, 0.1) is 11.3 Å². The summed E-state index contributed by atoms with van der Waals surface area (Å²) >= 11 is 1.000. The van der Waals surface area contributed by atoms with Crippen molar-refractivity contribution in [3.63, 3.8) is 0 Å². The third-order valence-corrected chi connectivity index (χ3v) is 3.21. The molecule has 0 aliphatic carbocycles. The van der Waals surface area contributed by atoms with Gasteiger partial charge in [-0.15, -0.1) is 11.3 Å². The molecule has 0 aliphatic rings. The summed E-state index contributed by atoms with van der Waals surface area (Å²) in [4.78, 5) is 22.8. The van der Waals surface area contributed by atoms with Crippen molar-refractivity contribution in [1.29, 1.82) is 0 Å². The van der Waals surface area contributed by atoms with Gasteiger partial charge in [0.2, 0.25) is 0 Å². The third kappa shape index (κ3) is 5.87. The highest BCUT2D eigenvalue weighted by Crippen LogP contribution is 2.22. The molecule has 0 saturated carbocycles. The Morgan fingerprint density at radius 2 is 2.10 bits per heavy atom. The maximum atomic E-state index is 12.1. The smallest absolute Gasteiger partial charge is 0.391 e. The van der Waals surface area contributed by atoms with Crippen LogP contribution in [0.3, 0.4) is 0 Å². The van der Waals surface area contributed by atoms with Gasteiger partial charge in [-0.25, -0.2) is 4.79 Å². The Balaban J connectivity index is 2.62. The van der Waals surface area contributed by atoms with E-state index in [1.54, 1.807) is 0 Å². The standard InChI is InChI=1S/C12H12F3NO3S/c1-7(6-12(13,14)15)16-11(19)9-4-2-8(20-9)3-5-10(17)18/h2-5,7H,6H2,1H3,(H,16,19)(H,17,18)/b5-3+. The molecule has 1 heterocycles. The van der Waals surface area contributed by atoms with Gasteiger partial charge >= 0.3 is 12.1 Å². The van der Waals surface area contributed by atoms with Gasteiger partial charge < -0.3 is 10.4 Å². The van der Waals surface area contributed by atoms with Crippen molar-refractivity contribution in [3.05, 3.63) is 28.0 Å². The number of nitrogens with one attached hydrogen (secondary N) is 1. The summed E-state index contributed by atoms with van der Waals surface area (Å²) in [7, 11) is 0. The topological polar surface area (TPSA) is 66.4 Å². The number of rotatable bonds is 5. The average molecular weight is 307 g/mol. The number of amides is 1. The molecule has 0 saturated heterocycles. The van der Waals surface area contributed by atoms with Gasteiger partial charge in [0.15, 0.2) is 0 Å². The second kappa shape index (κ2) is 6.56. The summed E-state index contributed by atoms with van der Waals surface area (Å²) < 4.78 is 36.4. The number of alkyl halides is 3. The first-order valence-corrected chi connectivity index (χ1v) is 6.37. The highest BCUT2D eigenvalue weighted by Gasteiger charge is 2.30. The van der Waals surface area contributed by atoms with E-state index in [4.69, 9.17) is 5.11 Å². The van der Waals surface area contributed by atoms with E-state index in [2.05, 4.69) is 5.32 Å². The van der Waals surface area contributed by atoms with E-state index in [1.165, 1.54) is 25.1 Å². The minimum atomic E-state index is -4.34. The molecule has 20 heavy (non-hydrogen) atoms. The molecule has 0 radical (unpaired) electrons. The van der Waals surface area contributed by atoms with Crippen LogP contribution in [0.5, 0.6) is 0 Å². The maximum Gasteiger partial charge on any atom is 0.391 e. The summed E-state index contributed by atoms with van der Waals surface area (Å²) in [6, 6.07) is 1.93. The van der Waals surface area contributed by atoms with Crippen molar-refractivity contribution < 1.29 is 27.9 Å². The van der Waals surface area contributed by atoms with Gasteiger partial charge in [0.1, 0.15) is 0 Å². The van der Waals surface area contributed by atoms with Crippen LogP contribution in [-0.4, -0.2) is 29.2 Å². The molecule has 0 spiro atoms. The van der Waals surface area contributed by atoms with E-state index in [0.29, 0.717) is 4.88 Å². The number of carboxylic acid groups (broad SMARTS) is 1. The minimum Gasteiger partial charge on any atom is -0.478 e. The highest BCUT2D eigenvalue weighted by molar-refractivity contribution is 7.14. The SMILES string of the molecule is CC(CC(F)(F)F)NC(=O)c1ccc(/C=C/C(=O)O)s1. The number of aliphatic carboxylic acids is 1. The molecule has 2 N–H and O–H groups in total. The molecular formula is C12H12F3NO3S. The Morgan fingerprint density at radius 3 is 2.65 bits per heavy atom. The number of carbonyl (C=O) groups is 2. The summed E-state index contributed by atoms with van der Waals surface area (Å²) in [5, 5.41) is 10.7. The van der Waals surface area contributed by atoms with E-state index in [1.807, 2.05) is 0 Å². The van der Waals surface area contributed by atoms with E-state index in [9.17, 15) is 22.8 Å². The molecule has 0 fully saturated rings. The van der Waals surface area contributed by atoms with Crippen LogP contribution in [0.2, 0.25) is 0 Å². The zero-order valence-electron chi connectivity index (χ0n) is 10.4. The van der Waals surface area contributed by atoms with Crippen molar-refractivity contribution in [2.45, 2.75) is 25.6 Å². The highest BCUT2D eigenvalue weighted by atomic mass is 32.1. The molecular weight excluding hydrogens is 295 g/mol. The Hall–Kier alpha value is -1.83. The summed E-state index contributed by atoms with van der Waals surface area (Å²) in [5.41, 5.74) is 0. The predicted molar refractivity (Wildman–Crippen MR) is 68.6 cm³/mol. The molecule has 1 rings (SSSR count). The summed E-state index contributed by atoms with van der Waals surface area (Å²) in [5.74, 6) is -1.73. The molecule has 8 heteroatoms. The average Bonchev–Trinajstić information content (AvgIpc) is 2.71. The second-order valence-electron chi connectivity index (χ2n) is 4.07. The van der Waals surface area contributed by atoms with E-state index in [0.717, 1.165) is 17.4 Å². The van der Waals surface area contributed by atoms with Crippen LogP contribution in [0.15, 0.2) is 18.2 Å². The maximum absolute atomic E-state index is 12.1. The molecule has 1 atom stereocenters. The molecule has 1 aromatic rings. The van der Waals surface area contributed by atoms with Gasteiger partial charge in [-0.3, -0.25) is 4.79 Å². The van der Waals surface area contributed by atoms with Crippen LogP contribution in [0, 0.1) is 0 Å². The number of carbonyl (C=O) groups excluding carboxylic acids is 1. The number of halogens is 3. The number of hydrogen-bond acceptors (Lipinski definition) is 3. The van der Waals surface area contributed by atoms with Crippen molar-refractivity contribution in [3.8, 4) is 0 Å². The second-order valence-corrected chi connectivity index (χ2v) is 5.18. The fourth-order valence-corrected chi connectivity index (χ4v) is 2.22. The van der Waals surface area contributed by atoms with Crippen LogP contribution < -0.4 is 5.32 Å². The van der Waals surface area contributed by atoms with E-state index < -0.39 is 30.5 Å². The molecule has 1 aromatic heterocycles. The monoisotopic (exact) mass is 307 g/mol. The molecule has 110 valence electrons. The van der Waals surface area contributed by atoms with Crippen molar-refractivity contribution in [2.75, 3.05) is 0 Å². The van der Waals surface area contributed by atoms with Crippen molar-refractivity contribution >= 4 is 29.3 Å². The Kier molecular flexibility index (Phi) is 5.32. The van der Waals surface area contributed by atoms with Gasteiger partial charge in [-0.1, -0.05) is 0 Å². The Bertz CT molecular complexity index is 522. The zero-order valence-corrected chi connectivity index (χ0v) is 11.2. The first-order valence-electron chi connectivity index (χ1n) is 5.56. The quantitative estimate of drug-likeness (QED) is 0.822. The molecule has 0 aliphatic heterocycles. The molecule has 1 unspecified atom stereocenters.